The molecule has 0 fully saturated rings. The van der Waals surface area contributed by atoms with Crippen molar-refractivity contribution in [3.8, 4) is 17.3 Å². The second kappa shape index (κ2) is 9.06. The maximum atomic E-state index is 12.4. The normalized spacial score (nSPS) is 10.5. The zero-order valence-corrected chi connectivity index (χ0v) is 16.2. The molecule has 0 atom stereocenters. The number of nitro groups is 1. The molecule has 0 saturated carbocycles. The molecule has 0 saturated heterocycles. The number of aromatic nitrogens is 3. The van der Waals surface area contributed by atoms with Crippen molar-refractivity contribution in [2.75, 3.05) is 18.2 Å². The number of hydrogen-bond donors (Lipinski definition) is 1. The molecule has 3 rings (SSSR count). The lowest BCUT2D eigenvalue weighted by atomic mass is 10.2. The van der Waals surface area contributed by atoms with Crippen molar-refractivity contribution in [1.29, 1.82) is 0 Å². The number of carbonyl (C=O) groups excluding carboxylic acids is 1. The van der Waals surface area contributed by atoms with Crippen LogP contribution < -0.4 is 10.1 Å². The van der Waals surface area contributed by atoms with Gasteiger partial charge in [0.15, 0.2) is 10.9 Å². The van der Waals surface area contributed by atoms with Gasteiger partial charge in [-0.25, -0.2) is 0 Å². The van der Waals surface area contributed by atoms with Crippen molar-refractivity contribution in [3.63, 3.8) is 0 Å². The largest absolute Gasteiger partial charge is 0.494 e. The zero-order valence-electron chi connectivity index (χ0n) is 15.4. The number of furan rings is 1. The molecule has 11 heteroatoms. The molecule has 2 heterocycles. The fourth-order valence-corrected chi connectivity index (χ4v) is 3.24. The van der Waals surface area contributed by atoms with Gasteiger partial charge in [0, 0.05) is 12.6 Å². The molecule has 0 bridgehead atoms. The summed E-state index contributed by atoms with van der Waals surface area (Å²) in [6.07, 6.45) is 3.24. The first-order chi connectivity index (χ1) is 14.0. The Hall–Kier alpha value is -3.60. The van der Waals surface area contributed by atoms with Crippen LogP contribution >= 0.6 is 11.8 Å². The number of non-ortho nitro benzene ring substituents is 1. The summed E-state index contributed by atoms with van der Waals surface area (Å²) in [5, 5.41) is 22.3. The fraction of sp³-hybridized carbons (Fsp3) is 0.167. The van der Waals surface area contributed by atoms with Crippen molar-refractivity contribution in [2.45, 2.75) is 11.7 Å². The number of nitrogens with one attached hydrogen (secondary N) is 1. The van der Waals surface area contributed by atoms with Gasteiger partial charge in [0.05, 0.1) is 35.8 Å². The van der Waals surface area contributed by atoms with Crippen LogP contribution in [0.2, 0.25) is 0 Å². The Balaban J connectivity index is 1.70. The fourth-order valence-electron chi connectivity index (χ4n) is 2.49. The van der Waals surface area contributed by atoms with Gasteiger partial charge in [0.1, 0.15) is 5.75 Å². The minimum atomic E-state index is -0.535. The molecule has 1 N–H and O–H groups in total. The lowest BCUT2D eigenvalue weighted by Crippen LogP contribution is -2.15. The number of carbonyl (C=O) groups is 1. The third-order valence-electron chi connectivity index (χ3n) is 3.77. The number of rotatable bonds is 9. The number of amides is 1. The van der Waals surface area contributed by atoms with E-state index >= 15 is 0 Å². The van der Waals surface area contributed by atoms with Gasteiger partial charge in [0.25, 0.3) is 5.69 Å². The molecule has 3 aromatic rings. The summed E-state index contributed by atoms with van der Waals surface area (Å²) in [6, 6.07) is 7.49. The van der Waals surface area contributed by atoms with Crippen LogP contribution in [0.25, 0.3) is 11.6 Å². The Morgan fingerprint density at radius 1 is 1.45 bits per heavy atom. The summed E-state index contributed by atoms with van der Waals surface area (Å²) in [5.74, 6) is 1.02. The van der Waals surface area contributed by atoms with Crippen molar-refractivity contribution in [3.05, 3.63) is 59.4 Å². The van der Waals surface area contributed by atoms with E-state index in [2.05, 4.69) is 22.1 Å². The summed E-state index contributed by atoms with van der Waals surface area (Å²) < 4.78 is 12.3. The molecule has 1 aromatic carbocycles. The molecule has 1 amide bonds. The molecule has 2 aromatic heterocycles. The third-order valence-corrected chi connectivity index (χ3v) is 4.74. The van der Waals surface area contributed by atoms with E-state index in [1.54, 1.807) is 29.0 Å². The van der Waals surface area contributed by atoms with Gasteiger partial charge in [-0.2, -0.15) is 0 Å². The molecule has 0 spiro atoms. The Labute approximate surface area is 169 Å². The Bertz CT molecular complexity index is 1030. The average Bonchev–Trinajstić information content (AvgIpc) is 3.36. The summed E-state index contributed by atoms with van der Waals surface area (Å²) in [6.45, 7) is 4.18. The van der Waals surface area contributed by atoms with Gasteiger partial charge in [-0.1, -0.05) is 17.8 Å². The van der Waals surface area contributed by atoms with Crippen molar-refractivity contribution in [1.82, 2.24) is 14.8 Å². The summed E-state index contributed by atoms with van der Waals surface area (Å²) >= 11 is 1.19. The lowest BCUT2D eigenvalue weighted by molar-refractivity contribution is -0.384. The SMILES string of the molecule is C=CCn1c(SCC(=O)Nc2ccc([N+](=O)[O-])cc2OC)nnc1-c1ccco1. The Kier molecular flexibility index (Phi) is 6.29. The first kappa shape index (κ1) is 20.1. The average molecular weight is 415 g/mol. The van der Waals surface area contributed by atoms with E-state index in [0.29, 0.717) is 29.0 Å². The van der Waals surface area contributed by atoms with Crippen molar-refractivity contribution < 1.29 is 18.9 Å². The monoisotopic (exact) mass is 415 g/mol. The van der Waals surface area contributed by atoms with Crippen LogP contribution in [0.3, 0.4) is 0 Å². The van der Waals surface area contributed by atoms with Gasteiger partial charge in [-0.15, -0.1) is 16.8 Å². The second-order valence-electron chi connectivity index (χ2n) is 5.66. The van der Waals surface area contributed by atoms with Crippen LogP contribution in [0.4, 0.5) is 11.4 Å². The lowest BCUT2D eigenvalue weighted by Gasteiger charge is -2.10. The molecule has 0 unspecified atom stereocenters. The first-order valence-corrected chi connectivity index (χ1v) is 9.35. The van der Waals surface area contributed by atoms with Crippen LogP contribution in [-0.2, 0) is 11.3 Å². The van der Waals surface area contributed by atoms with E-state index in [1.165, 1.54) is 37.1 Å². The number of anilines is 1. The minimum absolute atomic E-state index is 0.0492. The molecular weight excluding hydrogens is 398 g/mol. The van der Waals surface area contributed by atoms with Crippen LogP contribution in [-0.4, -0.2) is 38.5 Å². The quantitative estimate of drug-likeness (QED) is 0.244. The highest BCUT2D eigenvalue weighted by Gasteiger charge is 2.18. The van der Waals surface area contributed by atoms with E-state index in [4.69, 9.17) is 9.15 Å². The third kappa shape index (κ3) is 4.63. The highest BCUT2D eigenvalue weighted by molar-refractivity contribution is 7.99. The molecule has 0 radical (unpaired) electrons. The van der Waals surface area contributed by atoms with E-state index in [0.717, 1.165) is 0 Å². The number of ether oxygens (including phenoxy) is 1. The smallest absolute Gasteiger partial charge is 0.273 e. The molecular formula is C18H17N5O5S. The van der Waals surface area contributed by atoms with Crippen LogP contribution in [0.15, 0.2) is 58.8 Å². The van der Waals surface area contributed by atoms with Gasteiger partial charge < -0.3 is 14.5 Å². The van der Waals surface area contributed by atoms with Gasteiger partial charge in [0.2, 0.25) is 11.7 Å². The Morgan fingerprint density at radius 3 is 2.93 bits per heavy atom. The molecule has 0 aliphatic heterocycles. The molecule has 0 aliphatic carbocycles. The number of nitro benzene ring substituents is 1. The van der Waals surface area contributed by atoms with Gasteiger partial charge in [-0.3, -0.25) is 19.5 Å². The van der Waals surface area contributed by atoms with Crippen LogP contribution in [0.1, 0.15) is 0 Å². The number of benzene rings is 1. The van der Waals surface area contributed by atoms with E-state index in [-0.39, 0.29) is 23.1 Å². The van der Waals surface area contributed by atoms with Crippen molar-refractivity contribution >= 4 is 29.0 Å². The summed E-state index contributed by atoms with van der Waals surface area (Å²) in [5.41, 5.74) is 0.213. The first-order valence-electron chi connectivity index (χ1n) is 8.36. The highest BCUT2D eigenvalue weighted by atomic mass is 32.2. The van der Waals surface area contributed by atoms with Gasteiger partial charge in [-0.05, 0) is 18.2 Å². The molecule has 0 aliphatic rings. The number of hydrogen-bond acceptors (Lipinski definition) is 8. The second-order valence-corrected chi connectivity index (χ2v) is 6.60. The number of methoxy groups -OCH3 is 1. The maximum Gasteiger partial charge on any atom is 0.273 e. The highest BCUT2D eigenvalue weighted by Crippen LogP contribution is 2.29. The van der Waals surface area contributed by atoms with E-state index in [9.17, 15) is 14.9 Å². The summed E-state index contributed by atoms with van der Waals surface area (Å²) in [7, 11) is 1.37. The van der Waals surface area contributed by atoms with E-state index in [1.807, 2.05) is 0 Å². The maximum absolute atomic E-state index is 12.4. The topological polar surface area (TPSA) is 125 Å². The standard InChI is InChI=1S/C18H17N5O5S/c1-3-8-22-17(14-5-4-9-28-14)20-21-18(22)29-11-16(24)19-13-7-6-12(23(25)26)10-15(13)27-2/h3-7,9-10H,1,8,11H2,2H3,(H,19,24). The predicted molar refractivity (Wildman–Crippen MR) is 107 cm³/mol. The van der Waals surface area contributed by atoms with Crippen molar-refractivity contribution in [2.24, 2.45) is 0 Å². The van der Waals surface area contributed by atoms with E-state index < -0.39 is 4.92 Å². The van der Waals surface area contributed by atoms with Crippen LogP contribution in [0, 0.1) is 10.1 Å². The number of nitrogens with zero attached hydrogens (tertiary/aromatic N) is 4. The Morgan fingerprint density at radius 2 is 2.28 bits per heavy atom. The number of thioether (sulfide) groups is 1. The molecule has 10 nitrogen and oxygen atoms in total. The van der Waals surface area contributed by atoms with Gasteiger partial charge >= 0.3 is 0 Å². The zero-order chi connectivity index (χ0) is 20.8. The minimum Gasteiger partial charge on any atom is -0.494 e. The number of allylic oxidation sites excluding steroid dienone is 1. The molecule has 29 heavy (non-hydrogen) atoms. The molecule has 150 valence electrons. The van der Waals surface area contributed by atoms with Crippen LogP contribution in [0.5, 0.6) is 5.75 Å². The predicted octanol–water partition coefficient (Wildman–Crippen LogP) is 3.37. The summed E-state index contributed by atoms with van der Waals surface area (Å²) in [4.78, 5) is 22.7.